The summed E-state index contributed by atoms with van der Waals surface area (Å²) in [5, 5.41) is 5.42. The van der Waals surface area contributed by atoms with Gasteiger partial charge in [0.2, 0.25) is 0 Å². The van der Waals surface area contributed by atoms with E-state index in [1.165, 1.54) is 4.88 Å². The van der Waals surface area contributed by atoms with E-state index < -0.39 is 0 Å². The van der Waals surface area contributed by atoms with Crippen LogP contribution >= 0.6 is 11.3 Å². The molecule has 1 N–H and O–H groups in total. The van der Waals surface area contributed by atoms with Gasteiger partial charge in [0.05, 0.1) is 13.1 Å². The van der Waals surface area contributed by atoms with Crippen molar-refractivity contribution in [3.8, 4) is 0 Å². The van der Waals surface area contributed by atoms with E-state index in [0.29, 0.717) is 6.04 Å². The highest BCUT2D eigenvalue weighted by molar-refractivity contribution is 7.09. The van der Waals surface area contributed by atoms with Crippen molar-refractivity contribution in [2.24, 2.45) is 0 Å². The first-order valence-electron chi connectivity index (χ1n) is 7.23. The third kappa shape index (κ3) is 4.47. The number of nitrogens with one attached hydrogen (secondary N) is 1. The van der Waals surface area contributed by atoms with Gasteiger partial charge in [-0.15, -0.1) is 11.3 Å². The number of furan rings is 1. The van der Waals surface area contributed by atoms with Crippen molar-refractivity contribution in [2.75, 3.05) is 6.54 Å². The molecule has 0 aliphatic rings. The summed E-state index contributed by atoms with van der Waals surface area (Å²) in [6, 6.07) is 8.97. The summed E-state index contributed by atoms with van der Waals surface area (Å²) in [6.45, 7) is 10.2. The molecule has 0 fully saturated rings. The van der Waals surface area contributed by atoms with Gasteiger partial charge < -0.3 is 9.73 Å². The van der Waals surface area contributed by atoms with Gasteiger partial charge in [-0.2, -0.15) is 0 Å². The highest BCUT2D eigenvalue weighted by Gasteiger charge is 2.13. The molecule has 20 heavy (non-hydrogen) atoms. The molecule has 0 aromatic carbocycles. The standard InChI is InChI=1S/C16H24N2OS/c1-4-17-10-14-7-8-15(19-14)11-18(13(2)3)12-16-6-5-9-20-16/h5-9,13,17H,4,10-12H2,1-3H3. The topological polar surface area (TPSA) is 28.4 Å². The van der Waals surface area contributed by atoms with Crippen LogP contribution in [0.4, 0.5) is 0 Å². The van der Waals surface area contributed by atoms with Gasteiger partial charge in [0.1, 0.15) is 11.5 Å². The maximum Gasteiger partial charge on any atom is 0.118 e. The summed E-state index contributed by atoms with van der Waals surface area (Å²) in [5.41, 5.74) is 0. The average Bonchev–Trinajstić information content (AvgIpc) is 3.07. The van der Waals surface area contributed by atoms with Gasteiger partial charge in [-0.05, 0) is 44.0 Å². The van der Waals surface area contributed by atoms with Crippen LogP contribution in [0.2, 0.25) is 0 Å². The molecule has 2 aromatic heterocycles. The molecule has 2 aromatic rings. The molecule has 0 radical (unpaired) electrons. The zero-order valence-corrected chi connectivity index (χ0v) is 13.4. The van der Waals surface area contributed by atoms with Gasteiger partial charge in [-0.25, -0.2) is 0 Å². The molecule has 0 bridgehead atoms. The predicted octanol–water partition coefficient (Wildman–Crippen LogP) is 3.86. The molecule has 0 atom stereocenters. The number of hydrogen-bond acceptors (Lipinski definition) is 4. The van der Waals surface area contributed by atoms with Gasteiger partial charge in [0.25, 0.3) is 0 Å². The van der Waals surface area contributed by atoms with Crippen molar-refractivity contribution >= 4 is 11.3 Å². The van der Waals surface area contributed by atoms with E-state index in [1.54, 1.807) is 0 Å². The van der Waals surface area contributed by atoms with E-state index in [1.807, 2.05) is 11.3 Å². The third-order valence-electron chi connectivity index (χ3n) is 3.29. The molecule has 0 aliphatic heterocycles. The Hall–Kier alpha value is -1.10. The third-order valence-corrected chi connectivity index (χ3v) is 4.16. The molecule has 3 nitrogen and oxygen atoms in total. The van der Waals surface area contributed by atoms with Crippen molar-refractivity contribution in [2.45, 2.75) is 46.4 Å². The minimum absolute atomic E-state index is 0.499. The van der Waals surface area contributed by atoms with Crippen molar-refractivity contribution < 1.29 is 4.42 Å². The van der Waals surface area contributed by atoms with Crippen molar-refractivity contribution in [1.82, 2.24) is 10.2 Å². The van der Waals surface area contributed by atoms with Crippen LogP contribution in [0.1, 0.15) is 37.2 Å². The summed E-state index contributed by atoms with van der Waals surface area (Å²) in [7, 11) is 0. The largest absolute Gasteiger partial charge is 0.463 e. The van der Waals surface area contributed by atoms with Crippen molar-refractivity contribution in [3.05, 3.63) is 46.0 Å². The van der Waals surface area contributed by atoms with E-state index in [4.69, 9.17) is 4.42 Å². The highest BCUT2D eigenvalue weighted by Crippen LogP contribution is 2.18. The van der Waals surface area contributed by atoms with Crippen LogP contribution in [0.3, 0.4) is 0 Å². The molecular formula is C16H24N2OS. The van der Waals surface area contributed by atoms with Crippen LogP contribution in [-0.4, -0.2) is 17.5 Å². The Morgan fingerprint density at radius 2 is 2.00 bits per heavy atom. The fourth-order valence-corrected chi connectivity index (χ4v) is 2.80. The Bertz CT molecular complexity index is 490. The molecule has 110 valence electrons. The molecule has 4 heteroatoms. The summed E-state index contributed by atoms with van der Waals surface area (Å²) in [6.07, 6.45) is 0. The van der Waals surface area contributed by atoms with Crippen LogP contribution in [0.15, 0.2) is 34.1 Å². The van der Waals surface area contributed by atoms with Crippen molar-refractivity contribution in [1.29, 1.82) is 0 Å². The molecule has 2 heterocycles. The van der Waals surface area contributed by atoms with Gasteiger partial charge in [-0.1, -0.05) is 13.0 Å². The summed E-state index contributed by atoms with van der Waals surface area (Å²) < 4.78 is 5.88. The first-order valence-corrected chi connectivity index (χ1v) is 8.11. The zero-order valence-electron chi connectivity index (χ0n) is 12.6. The lowest BCUT2D eigenvalue weighted by atomic mass is 10.2. The maximum absolute atomic E-state index is 5.88. The molecule has 2 rings (SSSR count). The zero-order chi connectivity index (χ0) is 14.4. The van der Waals surface area contributed by atoms with Crippen LogP contribution < -0.4 is 5.32 Å². The van der Waals surface area contributed by atoms with Gasteiger partial charge in [0.15, 0.2) is 0 Å². The van der Waals surface area contributed by atoms with E-state index >= 15 is 0 Å². The number of thiophene rings is 1. The fraction of sp³-hybridized carbons (Fsp3) is 0.500. The minimum atomic E-state index is 0.499. The van der Waals surface area contributed by atoms with E-state index in [9.17, 15) is 0 Å². The quantitative estimate of drug-likeness (QED) is 0.801. The monoisotopic (exact) mass is 292 g/mol. The van der Waals surface area contributed by atoms with Crippen LogP contribution in [0.5, 0.6) is 0 Å². The normalized spacial score (nSPS) is 11.7. The Labute approximate surface area is 125 Å². The van der Waals surface area contributed by atoms with E-state index in [2.05, 4.69) is 60.6 Å². The Kier molecular flexibility index (Phi) is 5.83. The molecular weight excluding hydrogens is 268 g/mol. The Morgan fingerprint density at radius 3 is 2.65 bits per heavy atom. The second kappa shape index (κ2) is 7.62. The molecule has 0 saturated carbocycles. The van der Waals surface area contributed by atoms with Gasteiger partial charge in [-0.3, -0.25) is 4.90 Å². The summed E-state index contributed by atoms with van der Waals surface area (Å²) >= 11 is 1.81. The van der Waals surface area contributed by atoms with Crippen molar-refractivity contribution in [3.63, 3.8) is 0 Å². The van der Waals surface area contributed by atoms with Crippen LogP contribution in [0.25, 0.3) is 0 Å². The Balaban J connectivity index is 1.95. The SMILES string of the molecule is CCNCc1ccc(CN(Cc2cccs2)C(C)C)o1. The second-order valence-corrected chi connectivity index (χ2v) is 6.26. The number of rotatable bonds is 8. The highest BCUT2D eigenvalue weighted by atomic mass is 32.1. The number of hydrogen-bond donors (Lipinski definition) is 1. The van der Waals surface area contributed by atoms with Gasteiger partial charge >= 0.3 is 0 Å². The molecule has 0 saturated heterocycles. The first kappa shape index (κ1) is 15.3. The molecule has 0 unspecified atom stereocenters. The molecule has 0 spiro atoms. The maximum atomic E-state index is 5.88. The number of nitrogens with zero attached hydrogens (tertiary/aromatic N) is 1. The van der Waals surface area contributed by atoms with Crippen LogP contribution in [-0.2, 0) is 19.6 Å². The lowest BCUT2D eigenvalue weighted by Gasteiger charge is -2.24. The lowest BCUT2D eigenvalue weighted by molar-refractivity contribution is 0.188. The summed E-state index contributed by atoms with van der Waals surface area (Å²) in [5.74, 6) is 2.06. The second-order valence-electron chi connectivity index (χ2n) is 5.23. The first-order chi connectivity index (χ1) is 9.69. The van der Waals surface area contributed by atoms with E-state index in [-0.39, 0.29) is 0 Å². The summed E-state index contributed by atoms with van der Waals surface area (Å²) in [4.78, 5) is 3.83. The lowest BCUT2D eigenvalue weighted by Crippen LogP contribution is -2.29. The smallest absolute Gasteiger partial charge is 0.118 e. The average molecular weight is 292 g/mol. The molecule has 0 amide bonds. The van der Waals surface area contributed by atoms with Gasteiger partial charge in [0, 0.05) is 17.5 Å². The fourth-order valence-electron chi connectivity index (χ4n) is 2.07. The Morgan fingerprint density at radius 1 is 1.20 bits per heavy atom. The minimum Gasteiger partial charge on any atom is -0.463 e. The van der Waals surface area contributed by atoms with Crippen LogP contribution in [0, 0.1) is 0 Å². The predicted molar refractivity (Wildman–Crippen MR) is 84.8 cm³/mol. The van der Waals surface area contributed by atoms with E-state index in [0.717, 1.165) is 37.7 Å². The molecule has 0 aliphatic carbocycles.